The Morgan fingerprint density at radius 3 is 3.00 bits per heavy atom. The zero-order valence-electron chi connectivity index (χ0n) is 6.17. The van der Waals surface area contributed by atoms with E-state index in [0.29, 0.717) is 11.3 Å². The first-order chi connectivity index (χ1) is 5.24. The van der Waals surface area contributed by atoms with Gasteiger partial charge >= 0.3 is 0 Å². The van der Waals surface area contributed by atoms with Crippen LogP contribution in [0.1, 0.15) is 23.0 Å². The van der Waals surface area contributed by atoms with Crippen LogP contribution in [0.25, 0.3) is 0 Å². The molecule has 1 aromatic rings. The minimum atomic E-state index is -0.624. The Morgan fingerprint density at radius 1 is 1.73 bits per heavy atom. The number of alkyl halides is 1. The summed E-state index contributed by atoms with van der Waals surface area (Å²) in [7, 11) is 0. The minimum absolute atomic E-state index is 0.0675. The summed E-state index contributed by atoms with van der Waals surface area (Å²) in [5, 5.41) is 0. The molecule has 1 aromatic heterocycles. The molecule has 0 aliphatic rings. The second-order valence-corrected chi connectivity index (χ2v) is 2.23. The molecule has 0 aromatic carbocycles. The van der Waals surface area contributed by atoms with Gasteiger partial charge in [0.15, 0.2) is 5.78 Å². The normalized spacial score (nSPS) is 9.64. The lowest BCUT2D eigenvalue weighted by atomic mass is 10.2. The molecule has 0 amide bonds. The van der Waals surface area contributed by atoms with E-state index in [2.05, 4.69) is 4.98 Å². The van der Waals surface area contributed by atoms with E-state index in [0.717, 1.165) is 0 Å². The van der Waals surface area contributed by atoms with Gasteiger partial charge in [-0.25, -0.2) is 4.39 Å². The van der Waals surface area contributed by atoms with Crippen LogP contribution in [0.2, 0.25) is 0 Å². The number of aromatic nitrogens is 1. The third-order valence-corrected chi connectivity index (χ3v) is 1.36. The third-order valence-electron chi connectivity index (χ3n) is 1.36. The first-order valence-corrected chi connectivity index (χ1v) is 3.26. The van der Waals surface area contributed by atoms with E-state index in [1.165, 1.54) is 19.2 Å². The van der Waals surface area contributed by atoms with Crippen LogP contribution in [0.4, 0.5) is 4.39 Å². The highest BCUT2D eigenvalue weighted by Gasteiger charge is 1.99. The van der Waals surface area contributed by atoms with E-state index >= 15 is 0 Å². The third kappa shape index (κ3) is 1.83. The number of Topliss-reactive ketones (excluding diaryl/α,β-unsaturated/α-hetero) is 1. The fourth-order valence-electron chi connectivity index (χ4n) is 0.770. The zero-order chi connectivity index (χ0) is 8.27. The predicted molar refractivity (Wildman–Crippen MR) is 39.1 cm³/mol. The van der Waals surface area contributed by atoms with Gasteiger partial charge in [0.1, 0.15) is 6.67 Å². The molecule has 2 nitrogen and oxygen atoms in total. The summed E-state index contributed by atoms with van der Waals surface area (Å²) in [6, 6.07) is 3.03. The van der Waals surface area contributed by atoms with Crippen molar-refractivity contribution in [2.24, 2.45) is 0 Å². The van der Waals surface area contributed by atoms with Crippen molar-refractivity contribution in [1.82, 2.24) is 4.98 Å². The minimum Gasteiger partial charge on any atom is -0.295 e. The molecule has 0 saturated carbocycles. The Morgan fingerprint density at radius 2 is 2.45 bits per heavy atom. The average molecular weight is 153 g/mol. The van der Waals surface area contributed by atoms with Gasteiger partial charge in [0.2, 0.25) is 0 Å². The average Bonchev–Trinajstić information content (AvgIpc) is 2.05. The van der Waals surface area contributed by atoms with Crippen LogP contribution >= 0.6 is 0 Å². The summed E-state index contributed by atoms with van der Waals surface area (Å²) in [5.41, 5.74) is 0.811. The largest absolute Gasteiger partial charge is 0.295 e. The summed E-state index contributed by atoms with van der Waals surface area (Å²) < 4.78 is 12.0. The number of carbonyl (C=O) groups excluding carboxylic acids is 1. The molecule has 0 saturated heterocycles. The maximum Gasteiger partial charge on any atom is 0.159 e. The van der Waals surface area contributed by atoms with Crippen LogP contribution in [0, 0.1) is 0 Å². The number of halogens is 1. The molecule has 0 bridgehead atoms. The number of ketones is 1. The Hall–Kier alpha value is -1.25. The molecule has 0 unspecified atom stereocenters. The summed E-state index contributed by atoms with van der Waals surface area (Å²) in [5.74, 6) is -0.0675. The number of pyridine rings is 1. The number of nitrogens with zero attached hydrogens (tertiary/aromatic N) is 1. The molecule has 0 atom stereocenters. The Balaban J connectivity index is 3.01. The standard InChI is InChI=1S/C8H8FNO/c1-6(11)7-2-3-10-8(4-7)5-9/h2-4H,5H2,1H3. The number of carbonyl (C=O) groups is 1. The molecule has 0 aliphatic carbocycles. The van der Waals surface area contributed by atoms with Crippen LogP contribution in [0.15, 0.2) is 18.3 Å². The molecule has 0 fully saturated rings. The van der Waals surface area contributed by atoms with Gasteiger partial charge in [-0.2, -0.15) is 0 Å². The van der Waals surface area contributed by atoms with Crippen molar-refractivity contribution in [2.75, 3.05) is 0 Å². The van der Waals surface area contributed by atoms with E-state index in [1.54, 1.807) is 6.07 Å². The molecule has 0 N–H and O–H groups in total. The topological polar surface area (TPSA) is 30.0 Å². The molecule has 11 heavy (non-hydrogen) atoms. The second-order valence-electron chi connectivity index (χ2n) is 2.23. The lowest BCUT2D eigenvalue weighted by Crippen LogP contribution is -1.94. The molecular formula is C8H8FNO. The fraction of sp³-hybridized carbons (Fsp3) is 0.250. The molecular weight excluding hydrogens is 145 g/mol. The van der Waals surface area contributed by atoms with Crippen molar-refractivity contribution in [3.8, 4) is 0 Å². The van der Waals surface area contributed by atoms with Crippen molar-refractivity contribution >= 4 is 5.78 Å². The molecule has 0 spiro atoms. The molecule has 0 radical (unpaired) electrons. The quantitative estimate of drug-likeness (QED) is 0.606. The second kappa shape index (κ2) is 3.23. The first-order valence-electron chi connectivity index (χ1n) is 3.26. The van der Waals surface area contributed by atoms with E-state index in [-0.39, 0.29) is 5.78 Å². The van der Waals surface area contributed by atoms with Gasteiger partial charge < -0.3 is 0 Å². The Kier molecular flexibility index (Phi) is 2.31. The van der Waals surface area contributed by atoms with E-state index in [9.17, 15) is 9.18 Å². The number of hydrogen-bond donors (Lipinski definition) is 0. The smallest absolute Gasteiger partial charge is 0.159 e. The molecule has 3 heteroatoms. The lowest BCUT2D eigenvalue weighted by molar-refractivity contribution is 0.101. The summed E-state index contributed by atoms with van der Waals surface area (Å²) in [4.78, 5) is 14.5. The van der Waals surface area contributed by atoms with Gasteiger partial charge in [-0.1, -0.05) is 0 Å². The van der Waals surface area contributed by atoms with Gasteiger partial charge in [-0.05, 0) is 19.1 Å². The molecule has 0 aliphatic heterocycles. The molecule has 1 rings (SSSR count). The zero-order valence-corrected chi connectivity index (χ0v) is 6.17. The van der Waals surface area contributed by atoms with Crippen LogP contribution < -0.4 is 0 Å². The van der Waals surface area contributed by atoms with Crippen molar-refractivity contribution in [1.29, 1.82) is 0 Å². The summed E-state index contributed by atoms with van der Waals surface area (Å²) in [6.07, 6.45) is 1.44. The highest BCUT2D eigenvalue weighted by Crippen LogP contribution is 2.03. The highest BCUT2D eigenvalue weighted by molar-refractivity contribution is 5.93. The van der Waals surface area contributed by atoms with Crippen molar-refractivity contribution in [3.05, 3.63) is 29.6 Å². The van der Waals surface area contributed by atoms with Crippen LogP contribution in [-0.4, -0.2) is 10.8 Å². The predicted octanol–water partition coefficient (Wildman–Crippen LogP) is 1.75. The highest BCUT2D eigenvalue weighted by atomic mass is 19.1. The monoisotopic (exact) mass is 153 g/mol. The van der Waals surface area contributed by atoms with E-state index in [4.69, 9.17) is 0 Å². The van der Waals surface area contributed by atoms with Gasteiger partial charge in [-0.3, -0.25) is 9.78 Å². The van der Waals surface area contributed by atoms with Crippen molar-refractivity contribution < 1.29 is 9.18 Å². The lowest BCUT2D eigenvalue weighted by Gasteiger charge is -1.95. The molecule has 58 valence electrons. The molecule has 1 heterocycles. The van der Waals surface area contributed by atoms with Gasteiger partial charge in [-0.15, -0.1) is 0 Å². The van der Waals surface area contributed by atoms with E-state index in [1.807, 2.05) is 0 Å². The Labute approximate surface area is 64.1 Å². The van der Waals surface area contributed by atoms with Crippen molar-refractivity contribution in [2.45, 2.75) is 13.6 Å². The van der Waals surface area contributed by atoms with Crippen LogP contribution in [0.5, 0.6) is 0 Å². The number of rotatable bonds is 2. The Bertz CT molecular complexity index is 273. The summed E-state index contributed by atoms with van der Waals surface area (Å²) >= 11 is 0. The van der Waals surface area contributed by atoms with Gasteiger partial charge in [0.25, 0.3) is 0 Å². The van der Waals surface area contributed by atoms with Crippen molar-refractivity contribution in [3.63, 3.8) is 0 Å². The van der Waals surface area contributed by atoms with Crippen LogP contribution in [0.3, 0.4) is 0 Å². The number of hydrogen-bond acceptors (Lipinski definition) is 2. The maximum absolute atomic E-state index is 12.0. The fourth-order valence-corrected chi connectivity index (χ4v) is 0.770. The van der Waals surface area contributed by atoms with E-state index < -0.39 is 6.67 Å². The summed E-state index contributed by atoms with van der Waals surface area (Å²) in [6.45, 7) is 0.818. The van der Waals surface area contributed by atoms with Gasteiger partial charge in [0, 0.05) is 11.8 Å². The van der Waals surface area contributed by atoms with Crippen LogP contribution in [-0.2, 0) is 6.67 Å². The SMILES string of the molecule is CC(=O)c1ccnc(CF)c1. The maximum atomic E-state index is 12.0. The van der Waals surface area contributed by atoms with Gasteiger partial charge in [0.05, 0.1) is 5.69 Å². The first kappa shape index (κ1) is 7.85.